The highest BCUT2D eigenvalue weighted by molar-refractivity contribution is 7.85. The molecule has 0 aliphatic carbocycles. The molecule has 1 aliphatic heterocycles. The molecule has 0 atom stereocenters. The highest BCUT2D eigenvalue weighted by Gasteiger charge is 2.32. The van der Waals surface area contributed by atoms with Gasteiger partial charge in [-0.3, -0.25) is 29.2 Å². The third-order valence-electron chi connectivity index (χ3n) is 3.16. The summed E-state index contributed by atoms with van der Waals surface area (Å²) in [5.74, 6) is -2.67. The molecular weight excluding hydrogens is 362 g/mol. The number of nitro benzene ring substituents is 1. The summed E-state index contributed by atoms with van der Waals surface area (Å²) < 4.78 is 31.5. The Morgan fingerprint density at radius 3 is 2.44 bits per heavy atom. The number of amides is 2. The number of aromatic hydroxyl groups is 1. The number of β-amino-alcohol motifs (C(OH)–C–C–N with tert-alkyl or cyclic N) is 1. The predicted molar refractivity (Wildman–Crippen MR) is 80.1 cm³/mol. The lowest BCUT2D eigenvalue weighted by Gasteiger charge is -2.14. The molecule has 2 rings (SSSR count). The first-order valence-electron chi connectivity index (χ1n) is 6.50. The number of nitrogens with zero attached hydrogens (tertiary/aromatic N) is 2. The molecule has 1 aromatic carbocycles. The summed E-state index contributed by atoms with van der Waals surface area (Å²) in [4.78, 5) is 33.2. The molecule has 25 heavy (non-hydrogen) atoms. The second-order valence-electron chi connectivity index (χ2n) is 4.77. The molecule has 1 aliphatic rings. The fourth-order valence-corrected chi connectivity index (χ4v) is 2.56. The maximum atomic E-state index is 12.0. The van der Waals surface area contributed by atoms with Crippen molar-refractivity contribution in [2.75, 3.05) is 18.5 Å². The SMILES string of the molecule is O=C1C=C(Nc2cc(S(=O)(=O)O)cc([N+](=O)[O-])c2O)C(=O)N1CCO. The summed E-state index contributed by atoms with van der Waals surface area (Å²) in [6.45, 7) is -0.788. The van der Waals surface area contributed by atoms with Gasteiger partial charge in [0.15, 0.2) is 0 Å². The third-order valence-corrected chi connectivity index (χ3v) is 3.99. The zero-order valence-electron chi connectivity index (χ0n) is 12.2. The fraction of sp³-hybridized carbons (Fsp3) is 0.167. The minimum atomic E-state index is -4.85. The van der Waals surface area contributed by atoms with Gasteiger partial charge in [-0.05, 0) is 6.07 Å². The minimum absolute atomic E-state index is 0.295. The smallest absolute Gasteiger partial charge is 0.314 e. The minimum Gasteiger partial charge on any atom is -0.501 e. The Bertz CT molecular complexity index is 907. The summed E-state index contributed by atoms with van der Waals surface area (Å²) in [5, 5.41) is 31.8. The summed E-state index contributed by atoms with van der Waals surface area (Å²) in [5.41, 5.74) is -2.03. The van der Waals surface area contributed by atoms with Crippen LogP contribution in [0.2, 0.25) is 0 Å². The molecule has 0 spiro atoms. The first kappa shape index (κ1) is 18.3. The van der Waals surface area contributed by atoms with E-state index in [0.717, 1.165) is 6.08 Å². The highest BCUT2D eigenvalue weighted by atomic mass is 32.2. The van der Waals surface area contributed by atoms with Gasteiger partial charge in [-0.1, -0.05) is 0 Å². The molecule has 0 saturated carbocycles. The first-order chi connectivity index (χ1) is 11.6. The predicted octanol–water partition coefficient (Wildman–Crippen LogP) is -0.796. The molecule has 134 valence electrons. The number of phenolic OH excluding ortho intramolecular Hbond substituents is 1. The van der Waals surface area contributed by atoms with E-state index in [1.54, 1.807) is 0 Å². The van der Waals surface area contributed by atoms with Crippen molar-refractivity contribution in [1.29, 1.82) is 0 Å². The Balaban J connectivity index is 2.48. The number of aliphatic hydroxyl groups is 1. The maximum absolute atomic E-state index is 12.0. The van der Waals surface area contributed by atoms with Crippen molar-refractivity contribution in [2.45, 2.75) is 4.90 Å². The molecular formula is C12H11N3O9S. The third kappa shape index (κ3) is 3.57. The van der Waals surface area contributed by atoms with Gasteiger partial charge in [0.1, 0.15) is 10.6 Å². The number of carbonyl (C=O) groups excluding carboxylic acids is 2. The van der Waals surface area contributed by atoms with Crippen LogP contribution in [0.3, 0.4) is 0 Å². The van der Waals surface area contributed by atoms with Crippen LogP contribution < -0.4 is 5.32 Å². The highest BCUT2D eigenvalue weighted by Crippen LogP contribution is 2.37. The van der Waals surface area contributed by atoms with E-state index in [-0.39, 0.29) is 6.54 Å². The number of rotatable bonds is 6. The number of imide groups is 1. The van der Waals surface area contributed by atoms with Crippen molar-refractivity contribution in [3.63, 3.8) is 0 Å². The van der Waals surface area contributed by atoms with Gasteiger partial charge >= 0.3 is 5.69 Å². The Labute approximate surface area is 139 Å². The van der Waals surface area contributed by atoms with Crippen LogP contribution in [0.15, 0.2) is 28.8 Å². The largest absolute Gasteiger partial charge is 0.501 e. The summed E-state index contributed by atoms with van der Waals surface area (Å²) in [7, 11) is -4.85. The summed E-state index contributed by atoms with van der Waals surface area (Å²) >= 11 is 0. The van der Waals surface area contributed by atoms with Crippen LogP contribution in [0, 0.1) is 10.1 Å². The standard InChI is InChI=1S/C12H11N3O9S/c16-2-1-14-10(17)5-8(12(14)19)13-7-3-6(25(22,23)24)4-9(11(7)18)15(20)21/h3-5,13,16,18H,1-2H2,(H,22,23,24). The number of carbonyl (C=O) groups is 2. The van der Waals surface area contributed by atoms with Gasteiger partial charge in [0.2, 0.25) is 5.75 Å². The number of nitrogens with one attached hydrogen (secondary N) is 1. The van der Waals surface area contributed by atoms with Gasteiger partial charge in [-0.25, -0.2) is 0 Å². The molecule has 13 heteroatoms. The average molecular weight is 373 g/mol. The molecule has 0 aromatic heterocycles. The molecule has 0 saturated heterocycles. The van der Waals surface area contributed by atoms with Crippen molar-refractivity contribution >= 4 is 33.3 Å². The van der Waals surface area contributed by atoms with Crippen molar-refractivity contribution in [1.82, 2.24) is 4.90 Å². The van der Waals surface area contributed by atoms with Gasteiger partial charge in [-0.2, -0.15) is 8.42 Å². The molecule has 12 nitrogen and oxygen atoms in total. The number of anilines is 1. The molecule has 1 heterocycles. The van der Waals surface area contributed by atoms with Crippen LogP contribution in [-0.4, -0.2) is 58.0 Å². The topological polar surface area (TPSA) is 187 Å². The van der Waals surface area contributed by atoms with Gasteiger partial charge < -0.3 is 15.5 Å². The van der Waals surface area contributed by atoms with Crippen LogP contribution in [-0.2, 0) is 19.7 Å². The Kier molecular flexibility index (Phi) is 4.73. The van der Waals surface area contributed by atoms with E-state index < -0.39 is 61.2 Å². The molecule has 0 unspecified atom stereocenters. The lowest BCUT2D eigenvalue weighted by atomic mass is 10.2. The number of nitro groups is 1. The van der Waals surface area contributed by atoms with E-state index in [1.165, 1.54) is 0 Å². The van der Waals surface area contributed by atoms with E-state index >= 15 is 0 Å². The van der Waals surface area contributed by atoms with Crippen molar-refractivity contribution in [2.24, 2.45) is 0 Å². The Morgan fingerprint density at radius 1 is 1.28 bits per heavy atom. The molecule has 1 aromatic rings. The number of benzene rings is 1. The lowest BCUT2D eigenvalue weighted by molar-refractivity contribution is -0.386. The second kappa shape index (κ2) is 6.46. The Morgan fingerprint density at radius 2 is 1.92 bits per heavy atom. The van der Waals surface area contributed by atoms with Gasteiger partial charge in [0.05, 0.1) is 23.8 Å². The van der Waals surface area contributed by atoms with Crippen LogP contribution in [0.4, 0.5) is 11.4 Å². The van der Waals surface area contributed by atoms with Crippen molar-refractivity contribution in [3.05, 3.63) is 34.0 Å². The Hall–Kier alpha value is -3.03. The first-order valence-corrected chi connectivity index (χ1v) is 7.94. The van der Waals surface area contributed by atoms with Gasteiger partial charge in [0, 0.05) is 12.1 Å². The van der Waals surface area contributed by atoms with Crippen molar-refractivity contribution < 1.29 is 37.7 Å². The second-order valence-corrected chi connectivity index (χ2v) is 6.19. The van der Waals surface area contributed by atoms with Crippen LogP contribution in [0.25, 0.3) is 0 Å². The molecule has 2 amide bonds. The molecule has 0 radical (unpaired) electrons. The number of phenols is 1. The van der Waals surface area contributed by atoms with Crippen LogP contribution in [0.5, 0.6) is 5.75 Å². The lowest BCUT2D eigenvalue weighted by Crippen LogP contribution is -2.34. The number of aliphatic hydroxyl groups excluding tert-OH is 1. The molecule has 0 bridgehead atoms. The molecule has 0 fully saturated rings. The van der Waals surface area contributed by atoms with Gasteiger partial charge in [0.25, 0.3) is 21.9 Å². The van der Waals surface area contributed by atoms with Gasteiger partial charge in [-0.15, -0.1) is 0 Å². The summed E-state index contributed by atoms with van der Waals surface area (Å²) in [6, 6.07) is 1.09. The average Bonchev–Trinajstić information content (AvgIpc) is 2.76. The van der Waals surface area contributed by atoms with E-state index in [9.17, 15) is 33.2 Å². The van der Waals surface area contributed by atoms with E-state index in [4.69, 9.17) is 9.66 Å². The monoisotopic (exact) mass is 373 g/mol. The zero-order valence-corrected chi connectivity index (χ0v) is 13.1. The van der Waals surface area contributed by atoms with Crippen LogP contribution in [0.1, 0.15) is 0 Å². The van der Waals surface area contributed by atoms with Crippen LogP contribution >= 0.6 is 0 Å². The maximum Gasteiger partial charge on any atom is 0.314 e. The van der Waals surface area contributed by atoms with E-state index in [2.05, 4.69) is 5.32 Å². The quantitative estimate of drug-likeness (QED) is 0.162. The van der Waals surface area contributed by atoms with Crippen molar-refractivity contribution in [3.8, 4) is 5.75 Å². The van der Waals surface area contributed by atoms with E-state index in [0.29, 0.717) is 17.0 Å². The normalized spacial score (nSPS) is 14.6. The summed E-state index contributed by atoms with van der Waals surface area (Å²) in [6.07, 6.45) is 0.809. The molecule has 4 N–H and O–H groups in total. The number of hydrogen-bond acceptors (Lipinski definition) is 9. The number of hydrogen-bond donors (Lipinski definition) is 4. The zero-order chi connectivity index (χ0) is 18.9. The van der Waals surface area contributed by atoms with E-state index in [1.807, 2.05) is 0 Å². The fourth-order valence-electron chi connectivity index (χ4n) is 2.03.